The van der Waals surface area contributed by atoms with Crippen LogP contribution in [0.3, 0.4) is 0 Å². The highest BCUT2D eigenvalue weighted by Gasteiger charge is 2.25. The summed E-state index contributed by atoms with van der Waals surface area (Å²) in [6.45, 7) is 0. The van der Waals surface area contributed by atoms with Crippen molar-refractivity contribution in [3.05, 3.63) is 62.7 Å². The predicted molar refractivity (Wildman–Crippen MR) is 90.4 cm³/mol. The maximum Gasteiger partial charge on any atom is 0.231 e. The highest BCUT2D eigenvalue weighted by molar-refractivity contribution is 14.1. The van der Waals surface area contributed by atoms with E-state index < -0.39 is 0 Å². The van der Waals surface area contributed by atoms with E-state index in [1.54, 1.807) is 4.90 Å². The average molecular weight is 398 g/mol. The Morgan fingerprint density at radius 3 is 2.50 bits per heavy atom. The van der Waals surface area contributed by atoms with Gasteiger partial charge in [-0.25, -0.2) is 0 Å². The number of hydrogen-bond donors (Lipinski definition) is 0. The van der Waals surface area contributed by atoms with E-state index in [0.717, 1.165) is 22.4 Å². The number of halogens is 2. The van der Waals surface area contributed by atoms with Gasteiger partial charge in [0, 0.05) is 16.3 Å². The van der Waals surface area contributed by atoms with Crippen LogP contribution in [0, 0.1) is 3.57 Å². The quantitative estimate of drug-likeness (QED) is 0.551. The van der Waals surface area contributed by atoms with Crippen LogP contribution in [0.2, 0.25) is 0 Å². The van der Waals surface area contributed by atoms with Crippen molar-refractivity contribution in [3.63, 3.8) is 0 Å². The fourth-order valence-corrected chi connectivity index (χ4v) is 3.11. The van der Waals surface area contributed by atoms with E-state index in [9.17, 15) is 4.79 Å². The summed E-state index contributed by atoms with van der Waals surface area (Å²) in [6, 6.07) is 14.2. The smallest absolute Gasteiger partial charge is 0.231 e. The third-order valence-corrected chi connectivity index (χ3v) is 4.86. The van der Waals surface area contributed by atoms with Crippen LogP contribution >= 0.6 is 34.2 Å². The first-order valence-corrected chi connectivity index (χ1v) is 7.86. The lowest BCUT2D eigenvalue weighted by Crippen LogP contribution is -2.20. The van der Waals surface area contributed by atoms with E-state index in [-0.39, 0.29) is 11.3 Å². The lowest BCUT2D eigenvalue weighted by molar-refractivity contribution is -0.117. The van der Waals surface area contributed by atoms with Crippen LogP contribution in [-0.2, 0) is 11.2 Å². The number of likely N-dealkylation sites (N-methyl/N-ethyl adjacent to an activating group) is 1. The number of anilines is 1. The SMILES string of the molecule is CN1C(=O)Cc2cc(C(Cl)c3ccc(I)cc3)ccc21. The van der Waals surface area contributed by atoms with E-state index >= 15 is 0 Å². The first kappa shape index (κ1) is 13.9. The van der Waals surface area contributed by atoms with Crippen molar-refractivity contribution in [1.82, 2.24) is 0 Å². The summed E-state index contributed by atoms with van der Waals surface area (Å²) in [5.41, 5.74) is 4.16. The van der Waals surface area contributed by atoms with Crippen molar-refractivity contribution in [1.29, 1.82) is 0 Å². The largest absolute Gasteiger partial charge is 0.315 e. The molecule has 0 N–H and O–H groups in total. The molecule has 4 heteroatoms. The molecule has 0 saturated carbocycles. The second kappa shape index (κ2) is 5.37. The molecular formula is C16H13ClINO. The number of benzene rings is 2. The summed E-state index contributed by atoms with van der Waals surface area (Å²) in [6.07, 6.45) is 0.468. The third-order valence-electron chi connectivity index (χ3n) is 3.64. The van der Waals surface area contributed by atoms with Gasteiger partial charge in [-0.15, -0.1) is 11.6 Å². The normalized spacial score (nSPS) is 15.3. The van der Waals surface area contributed by atoms with Gasteiger partial charge in [0.2, 0.25) is 5.91 Å². The first-order chi connectivity index (χ1) is 9.56. The highest BCUT2D eigenvalue weighted by Crippen LogP contribution is 2.34. The fourth-order valence-electron chi connectivity index (χ4n) is 2.47. The molecule has 0 radical (unpaired) electrons. The molecule has 0 bridgehead atoms. The van der Waals surface area contributed by atoms with Crippen LogP contribution in [0.1, 0.15) is 22.1 Å². The molecule has 0 saturated heterocycles. The van der Waals surface area contributed by atoms with Gasteiger partial charge < -0.3 is 4.90 Å². The fraction of sp³-hybridized carbons (Fsp3) is 0.188. The predicted octanol–water partition coefficient (Wildman–Crippen LogP) is 4.14. The van der Waals surface area contributed by atoms with Crippen LogP contribution in [0.4, 0.5) is 5.69 Å². The minimum absolute atomic E-state index is 0.137. The number of rotatable bonds is 2. The molecule has 0 fully saturated rings. The monoisotopic (exact) mass is 397 g/mol. The zero-order valence-electron chi connectivity index (χ0n) is 10.9. The van der Waals surface area contributed by atoms with Crippen molar-refractivity contribution in [2.45, 2.75) is 11.8 Å². The minimum Gasteiger partial charge on any atom is -0.315 e. The molecule has 0 spiro atoms. The van der Waals surface area contributed by atoms with Gasteiger partial charge in [-0.3, -0.25) is 4.79 Å². The van der Waals surface area contributed by atoms with Gasteiger partial charge in [0.25, 0.3) is 0 Å². The van der Waals surface area contributed by atoms with Gasteiger partial charge in [0.1, 0.15) is 0 Å². The van der Waals surface area contributed by atoms with Gasteiger partial charge in [-0.1, -0.05) is 24.3 Å². The molecule has 1 atom stereocenters. The molecule has 0 aliphatic carbocycles. The van der Waals surface area contributed by atoms with E-state index in [1.165, 1.54) is 3.57 Å². The van der Waals surface area contributed by atoms with Gasteiger partial charge in [0.05, 0.1) is 11.8 Å². The molecule has 102 valence electrons. The van der Waals surface area contributed by atoms with E-state index in [0.29, 0.717) is 6.42 Å². The van der Waals surface area contributed by atoms with Crippen LogP contribution in [0.5, 0.6) is 0 Å². The van der Waals surface area contributed by atoms with Gasteiger partial charge >= 0.3 is 0 Å². The highest BCUT2D eigenvalue weighted by atomic mass is 127. The lowest BCUT2D eigenvalue weighted by Gasteiger charge is -2.14. The van der Waals surface area contributed by atoms with E-state index in [2.05, 4.69) is 34.7 Å². The zero-order valence-corrected chi connectivity index (χ0v) is 13.9. The standard InChI is InChI=1S/C16H13ClINO/c1-19-14-7-4-11(8-12(14)9-15(19)20)16(17)10-2-5-13(18)6-3-10/h2-8,16H,9H2,1H3. The summed E-state index contributed by atoms with van der Waals surface area (Å²) in [5.74, 6) is 0.137. The van der Waals surface area contributed by atoms with Crippen LogP contribution in [0.25, 0.3) is 0 Å². The minimum atomic E-state index is -0.182. The third kappa shape index (κ3) is 2.44. The number of alkyl halides is 1. The Labute approximate surface area is 136 Å². The Hall–Kier alpha value is -1.07. The molecule has 2 aromatic rings. The van der Waals surface area contributed by atoms with Crippen molar-refractivity contribution in [3.8, 4) is 0 Å². The molecule has 3 rings (SSSR count). The number of carbonyl (C=O) groups is 1. The zero-order chi connectivity index (χ0) is 14.3. The number of amides is 1. The van der Waals surface area contributed by atoms with Crippen LogP contribution < -0.4 is 4.90 Å². The van der Waals surface area contributed by atoms with E-state index in [4.69, 9.17) is 11.6 Å². The second-order valence-corrected chi connectivity index (χ2v) is 6.61. The molecule has 2 nitrogen and oxygen atoms in total. The van der Waals surface area contributed by atoms with Gasteiger partial charge in [-0.05, 0) is 57.5 Å². The molecule has 0 aromatic heterocycles. The molecule has 1 aliphatic heterocycles. The van der Waals surface area contributed by atoms with Crippen molar-refractivity contribution in [2.24, 2.45) is 0 Å². The Morgan fingerprint density at radius 2 is 1.80 bits per heavy atom. The average Bonchev–Trinajstić information content (AvgIpc) is 2.74. The van der Waals surface area contributed by atoms with Crippen molar-refractivity contribution >= 4 is 45.8 Å². The molecule has 1 unspecified atom stereocenters. The molecular weight excluding hydrogens is 385 g/mol. The summed E-state index contributed by atoms with van der Waals surface area (Å²) >= 11 is 8.83. The van der Waals surface area contributed by atoms with Crippen LogP contribution in [-0.4, -0.2) is 13.0 Å². The number of hydrogen-bond acceptors (Lipinski definition) is 1. The van der Waals surface area contributed by atoms with Crippen LogP contribution in [0.15, 0.2) is 42.5 Å². The Bertz CT molecular complexity index is 669. The number of nitrogens with zero attached hydrogens (tertiary/aromatic N) is 1. The molecule has 1 heterocycles. The summed E-state index contributed by atoms with van der Waals surface area (Å²) < 4.78 is 1.19. The van der Waals surface area contributed by atoms with Gasteiger partial charge in [0.15, 0.2) is 0 Å². The second-order valence-electron chi connectivity index (χ2n) is 4.93. The van der Waals surface area contributed by atoms with Crippen molar-refractivity contribution in [2.75, 3.05) is 11.9 Å². The Morgan fingerprint density at radius 1 is 1.15 bits per heavy atom. The number of fused-ring (bicyclic) bond motifs is 1. The molecule has 1 amide bonds. The summed E-state index contributed by atoms with van der Waals surface area (Å²) in [4.78, 5) is 13.4. The summed E-state index contributed by atoms with van der Waals surface area (Å²) in [5, 5.41) is -0.182. The van der Waals surface area contributed by atoms with E-state index in [1.807, 2.05) is 37.4 Å². The first-order valence-electron chi connectivity index (χ1n) is 6.35. The van der Waals surface area contributed by atoms with Crippen molar-refractivity contribution < 1.29 is 4.79 Å². The molecule has 2 aromatic carbocycles. The Balaban J connectivity index is 1.94. The summed E-state index contributed by atoms with van der Waals surface area (Å²) in [7, 11) is 1.81. The van der Waals surface area contributed by atoms with Gasteiger partial charge in [-0.2, -0.15) is 0 Å². The molecule has 1 aliphatic rings. The maximum absolute atomic E-state index is 11.7. The Kier molecular flexibility index (Phi) is 3.73. The maximum atomic E-state index is 11.7. The number of carbonyl (C=O) groups excluding carboxylic acids is 1. The molecule has 20 heavy (non-hydrogen) atoms. The topological polar surface area (TPSA) is 20.3 Å². The lowest BCUT2D eigenvalue weighted by atomic mass is 10.0.